The second kappa shape index (κ2) is 6.05. The lowest BCUT2D eigenvalue weighted by molar-refractivity contribution is 0.340. The molecule has 1 aromatic heterocycles. The predicted octanol–water partition coefficient (Wildman–Crippen LogP) is 2.17. The van der Waals surface area contributed by atoms with Gasteiger partial charge in [-0.05, 0) is 44.4 Å². The van der Waals surface area contributed by atoms with Gasteiger partial charge in [0.1, 0.15) is 5.75 Å². The molecule has 106 valence electrons. The Labute approximate surface area is 118 Å². The van der Waals surface area contributed by atoms with Crippen LogP contribution in [0.1, 0.15) is 25.5 Å². The first-order valence-electron chi connectivity index (χ1n) is 7.20. The highest BCUT2D eigenvalue weighted by Gasteiger charge is 2.20. The Balaban J connectivity index is 1.63. The van der Waals surface area contributed by atoms with Crippen LogP contribution in [0, 0.1) is 5.92 Å². The van der Waals surface area contributed by atoms with Crippen molar-refractivity contribution in [2.24, 2.45) is 5.92 Å². The summed E-state index contributed by atoms with van der Waals surface area (Å²) in [6.07, 6.45) is 4.69. The average Bonchev–Trinajstić information content (AvgIpc) is 3.16. The zero-order valence-corrected chi connectivity index (χ0v) is 11.7. The molecule has 2 aromatic rings. The molecule has 0 spiro atoms. The second-order valence-electron chi connectivity index (χ2n) is 5.16. The molecule has 5 heteroatoms. The summed E-state index contributed by atoms with van der Waals surface area (Å²) >= 11 is 0. The topological polar surface area (TPSA) is 52.0 Å². The Kier molecular flexibility index (Phi) is 3.97. The maximum Gasteiger partial charge on any atom is 0.121 e. The maximum absolute atomic E-state index is 5.50. The van der Waals surface area contributed by atoms with Gasteiger partial charge in [0.2, 0.25) is 0 Å². The summed E-state index contributed by atoms with van der Waals surface area (Å²) in [6.45, 7) is 4.51. The Hall–Kier alpha value is -1.88. The van der Waals surface area contributed by atoms with Gasteiger partial charge in [0.25, 0.3) is 0 Å². The summed E-state index contributed by atoms with van der Waals surface area (Å²) in [7, 11) is 0. The Bertz CT molecular complexity index is 563. The van der Waals surface area contributed by atoms with Crippen LogP contribution in [-0.4, -0.2) is 28.1 Å². The largest absolute Gasteiger partial charge is 0.494 e. The lowest BCUT2D eigenvalue weighted by atomic mass is 10.3. The van der Waals surface area contributed by atoms with Crippen LogP contribution in [0.3, 0.4) is 0 Å². The van der Waals surface area contributed by atoms with E-state index in [0.29, 0.717) is 6.61 Å². The van der Waals surface area contributed by atoms with Gasteiger partial charge in [-0.3, -0.25) is 0 Å². The Morgan fingerprint density at radius 2 is 2.30 bits per heavy atom. The van der Waals surface area contributed by atoms with E-state index in [-0.39, 0.29) is 0 Å². The minimum absolute atomic E-state index is 0.664. The van der Waals surface area contributed by atoms with Crippen molar-refractivity contribution in [1.82, 2.24) is 20.3 Å². The van der Waals surface area contributed by atoms with E-state index in [1.807, 2.05) is 37.4 Å². The normalized spacial score (nSPS) is 14.4. The van der Waals surface area contributed by atoms with Gasteiger partial charge in [-0.1, -0.05) is 11.3 Å². The van der Waals surface area contributed by atoms with Gasteiger partial charge in [0.15, 0.2) is 0 Å². The van der Waals surface area contributed by atoms with E-state index >= 15 is 0 Å². The van der Waals surface area contributed by atoms with Crippen LogP contribution in [0.15, 0.2) is 30.5 Å². The third-order valence-corrected chi connectivity index (χ3v) is 3.37. The van der Waals surface area contributed by atoms with Crippen LogP contribution in [-0.2, 0) is 6.54 Å². The van der Waals surface area contributed by atoms with Crippen LogP contribution in [0.25, 0.3) is 5.69 Å². The van der Waals surface area contributed by atoms with E-state index < -0.39 is 0 Å². The van der Waals surface area contributed by atoms with Crippen molar-refractivity contribution in [2.75, 3.05) is 13.2 Å². The molecule has 20 heavy (non-hydrogen) atoms. The molecule has 3 rings (SSSR count). The average molecular weight is 272 g/mol. The highest BCUT2D eigenvalue weighted by atomic mass is 16.5. The van der Waals surface area contributed by atoms with Crippen LogP contribution < -0.4 is 10.1 Å². The fourth-order valence-electron chi connectivity index (χ4n) is 2.11. The summed E-state index contributed by atoms with van der Waals surface area (Å²) in [5.41, 5.74) is 1.93. The number of nitrogens with one attached hydrogen (secondary N) is 1. The second-order valence-corrected chi connectivity index (χ2v) is 5.16. The third kappa shape index (κ3) is 3.36. The Morgan fingerprint density at radius 3 is 3.10 bits per heavy atom. The molecule has 1 aromatic carbocycles. The molecule has 0 amide bonds. The van der Waals surface area contributed by atoms with Crippen molar-refractivity contribution in [1.29, 1.82) is 0 Å². The van der Waals surface area contributed by atoms with Crippen molar-refractivity contribution in [3.63, 3.8) is 0 Å². The molecule has 0 unspecified atom stereocenters. The first-order chi connectivity index (χ1) is 9.85. The monoisotopic (exact) mass is 272 g/mol. The first-order valence-corrected chi connectivity index (χ1v) is 7.20. The smallest absolute Gasteiger partial charge is 0.121 e. The van der Waals surface area contributed by atoms with Gasteiger partial charge in [-0.15, -0.1) is 5.10 Å². The molecule has 0 aliphatic heterocycles. The fourth-order valence-corrected chi connectivity index (χ4v) is 2.11. The van der Waals surface area contributed by atoms with Crippen molar-refractivity contribution in [3.05, 3.63) is 36.2 Å². The zero-order valence-electron chi connectivity index (χ0n) is 11.7. The highest BCUT2D eigenvalue weighted by molar-refractivity contribution is 5.38. The quantitative estimate of drug-likeness (QED) is 0.839. The molecule has 0 radical (unpaired) electrons. The minimum Gasteiger partial charge on any atom is -0.494 e. The number of ether oxygens (including phenoxy) is 1. The van der Waals surface area contributed by atoms with Gasteiger partial charge < -0.3 is 10.1 Å². The summed E-state index contributed by atoms with van der Waals surface area (Å²) in [5, 5.41) is 11.8. The lowest BCUT2D eigenvalue weighted by Crippen LogP contribution is -2.16. The van der Waals surface area contributed by atoms with E-state index in [1.54, 1.807) is 4.68 Å². The van der Waals surface area contributed by atoms with Crippen molar-refractivity contribution < 1.29 is 4.74 Å². The van der Waals surface area contributed by atoms with E-state index in [1.165, 1.54) is 12.8 Å². The molecule has 0 bridgehead atoms. The van der Waals surface area contributed by atoms with Gasteiger partial charge in [0.05, 0.1) is 24.2 Å². The number of benzene rings is 1. The van der Waals surface area contributed by atoms with E-state index in [4.69, 9.17) is 4.74 Å². The molecule has 1 aliphatic carbocycles. The van der Waals surface area contributed by atoms with Gasteiger partial charge in [-0.25, -0.2) is 4.68 Å². The Morgan fingerprint density at radius 1 is 1.40 bits per heavy atom. The third-order valence-electron chi connectivity index (χ3n) is 3.37. The molecular weight excluding hydrogens is 252 g/mol. The fraction of sp³-hybridized carbons (Fsp3) is 0.467. The molecule has 0 atom stereocenters. The molecule has 5 nitrogen and oxygen atoms in total. The van der Waals surface area contributed by atoms with Gasteiger partial charge in [-0.2, -0.15) is 0 Å². The lowest BCUT2D eigenvalue weighted by Gasteiger charge is -2.05. The summed E-state index contributed by atoms with van der Waals surface area (Å²) in [4.78, 5) is 0. The predicted molar refractivity (Wildman–Crippen MR) is 77.0 cm³/mol. The first kappa shape index (κ1) is 13.1. The van der Waals surface area contributed by atoms with Crippen LogP contribution in [0.5, 0.6) is 5.75 Å². The minimum atomic E-state index is 0.664. The number of hydrogen-bond donors (Lipinski definition) is 1. The number of hydrogen-bond acceptors (Lipinski definition) is 4. The van der Waals surface area contributed by atoms with E-state index in [2.05, 4.69) is 15.6 Å². The number of nitrogens with zero attached hydrogens (tertiary/aromatic N) is 3. The standard InChI is InChI=1S/C15H20N4O/c1-2-20-15-5-3-4-14(8-15)19-11-13(17-18-19)10-16-9-12-6-7-12/h3-5,8,11-12,16H,2,6-7,9-10H2,1H3. The molecule has 1 aliphatic rings. The van der Waals surface area contributed by atoms with Crippen molar-refractivity contribution in [2.45, 2.75) is 26.3 Å². The molecule has 0 saturated heterocycles. The van der Waals surface area contributed by atoms with Crippen LogP contribution in [0.4, 0.5) is 0 Å². The summed E-state index contributed by atoms with van der Waals surface area (Å²) in [6, 6.07) is 7.88. The number of aromatic nitrogens is 3. The SMILES string of the molecule is CCOc1cccc(-n2cc(CNCC3CC3)nn2)c1. The van der Waals surface area contributed by atoms with Crippen molar-refractivity contribution in [3.8, 4) is 11.4 Å². The highest BCUT2D eigenvalue weighted by Crippen LogP contribution is 2.27. The van der Waals surface area contributed by atoms with Crippen molar-refractivity contribution >= 4 is 0 Å². The van der Waals surface area contributed by atoms with E-state index in [9.17, 15) is 0 Å². The molecular formula is C15H20N4O. The summed E-state index contributed by atoms with van der Waals surface area (Å²) < 4.78 is 7.29. The molecule has 1 fully saturated rings. The zero-order chi connectivity index (χ0) is 13.8. The molecule has 1 heterocycles. The van der Waals surface area contributed by atoms with E-state index in [0.717, 1.165) is 36.1 Å². The summed E-state index contributed by atoms with van der Waals surface area (Å²) in [5.74, 6) is 1.74. The van der Waals surface area contributed by atoms with Crippen LogP contribution >= 0.6 is 0 Å². The number of rotatable bonds is 7. The van der Waals surface area contributed by atoms with Crippen LogP contribution in [0.2, 0.25) is 0 Å². The molecule has 1 N–H and O–H groups in total. The maximum atomic E-state index is 5.50. The van der Waals surface area contributed by atoms with Gasteiger partial charge >= 0.3 is 0 Å². The van der Waals surface area contributed by atoms with Gasteiger partial charge in [0, 0.05) is 12.6 Å². The molecule has 1 saturated carbocycles.